The molecule has 1 N–H and O–H groups in total. The van der Waals surface area contributed by atoms with Crippen molar-refractivity contribution in [1.82, 2.24) is 0 Å². The Kier molecular flexibility index (Phi) is 4.76. The van der Waals surface area contributed by atoms with Gasteiger partial charge in [-0.2, -0.15) is 0 Å². The Labute approximate surface area is 141 Å². The van der Waals surface area contributed by atoms with Gasteiger partial charge in [0.2, 0.25) is 0 Å². The number of hydrogen-bond acceptors (Lipinski definition) is 2. The van der Waals surface area contributed by atoms with Gasteiger partial charge in [0.15, 0.2) is 0 Å². The molecule has 0 saturated heterocycles. The van der Waals surface area contributed by atoms with Gasteiger partial charge in [-0.3, -0.25) is 4.72 Å². The van der Waals surface area contributed by atoms with Crippen LogP contribution in [0.2, 0.25) is 10.0 Å². The van der Waals surface area contributed by atoms with Gasteiger partial charge >= 0.3 is 0 Å². The van der Waals surface area contributed by atoms with Crippen LogP contribution in [0.5, 0.6) is 0 Å². The van der Waals surface area contributed by atoms with E-state index in [0.717, 1.165) is 22.3 Å². The average molecular weight is 358 g/mol. The van der Waals surface area contributed by atoms with Gasteiger partial charge in [-0.05, 0) is 68.1 Å². The summed E-state index contributed by atoms with van der Waals surface area (Å²) >= 11 is 12.0. The SMILES string of the molecule is Cc1cc(C)c(C)c(S(=O)(=O)Nc2cc(Cl)ccc2Cl)c1C. The highest BCUT2D eigenvalue weighted by molar-refractivity contribution is 7.92. The van der Waals surface area contributed by atoms with Gasteiger partial charge in [0.1, 0.15) is 0 Å². The molecule has 0 aliphatic rings. The van der Waals surface area contributed by atoms with Gasteiger partial charge in [0.25, 0.3) is 10.0 Å². The Bertz CT molecular complexity index is 819. The minimum atomic E-state index is -3.75. The standard InChI is InChI=1S/C16H17Cl2NO2S/c1-9-7-10(2)12(4)16(11(9)3)22(20,21)19-15-8-13(17)5-6-14(15)18/h5-8,19H,1-4H3. The summed E-state index contributed by atoms with van der Waals surface area (Å²) < 4.78 is 28.1. The zero-order valence-electron chi connectivity index (χ0n) is 12.8. The van der Waals surface area contributed by atoms with E-state index in [4.69, 9.17) is 23.2 Å². The minimum Gasteiger partial charge on any atom is -0.278 e. The zero-order chi connectivity index (χ0) is 16.7. The fourth-order valence-corrected chi connectivity index (χ4v) is 4.44. The van der Waals surface area contributed by atoms with Crippen molar-refractivity contribution in [3.05, 3.63) is 56.6 Å². The first kappa shape index (κ1) is 17.1. The molecule has 0 atom stereocenters. The number of aryl methyl sites for hydroxylation is 2. The van der Waals surface area contributed by atoms with Crippen molar-refractivity contribution >= 4 is 38.9 Å². The number of sulfonamides is 1. The zero-order valence-corrected chi connectivity index (χ0v) is 15.1. The maximum absolute atomic E-state index is 12.8. The fourth-order valence-electron chi connectivity index (χ4n) is 2.36. The molecule has 2 aromatic rings. The fraction of sp³-hybridized carbons (Fsp3) is 0.250. The van der Waals surface area contributed by atoms with E-state index in [-0.39, 0.29) is 5.69 Å². The molecule has 2 rings (SSSR count). The van der Waals surface area contributed by atoms with Crippen LogP contribution in [0.1, 0.15) is 22.3 Å². The second-order valence-corrected chi connectivity index (χ2v) is 7.78. The van der Waals surface area contributed by atoms with E-state index >= 15 is 0 Å². The maximum atomic E-state index is 12.8. The Morgan fingerprint density at radius 1 is 0.909 bits per heavy atom. The van der Waals surface area contributed by atoms with E-state index in [1.54, 1.807) is 26.0 Å². The van der Waals surface area contributed by atoms with Gasteiger partial charge in [-0.15, -0.1) is 0 Å². The summed E-state index contributed by atoms with van der Waals surface area (Å²) in [5.41, 5.74) is 3.59. The molecule has 3 nitrogen and oxygen atoms in total. The van der Waals surface area contributed by atoms with E-state index in [1.807, 2.05) is 19.9 Å². The van der Waals surface area contributed by atoms with Crippen LogP contribution in [-0.2, 0) is 10.0 Å². The molecule has 0 unspecified atom stereocenters. The molecular weight excluding hydrogens is 341 g/mol. The van der Waals surface area contributed by atoms with E-state index in [9.17, 15) is 8.42 Å². The third-order valence-corrected chi connectivity index (χ3v) is 5.94. The summed E-state index contributed by atoms with van der Waals surface area (Å²) in [7, 11) is -3.75. The number of halogens is 2. The summed E-state index contributed by atoms with van der Waals surface area (Å²) in [6.45, 7) is 7.39. The van der Waals surface area contributed by atoms with Crippen LogP contribution in [0.25, 0.3) is 0 Å². The van der Waals surface area contributed by atoms with Gasteiger partial charge in [0, 0.05) is 5.02 Å². The molecule has 0 amide bonds. The molecule has 0 radical (unpaired) electrons. The summed E-state index contributed by atoms with van der Waals surface area (Å²) in [6.07, 6.45) is 0. The molecular formula is C16H17Cl2NO2S. The summed E-state index contributed by atoms with van der Waals surface area (Å²) in [5.74, 6) is 0. The number of anilines is 1. The maximum Gasteiger partial charge on any atom is 0.262 e. The highest BCUT2D eigenvalue weighted by Crippen LogP contribution is 2.31. The first-order chi connectivity index (χ1) is 10.1. The average Bonchev–Trinajstić information content (AvgIpc) is 2.40. The summed E-state index contributed by atoms with van der Waals surface area (Å²) in [4.78, 5) is 0.293. The topological polar surface area (TPSA) is 46.2 Å². The molecule has 22 heavy (non-hydrogen) atoms. The number of nitrogens with one attached hydrogen (secondary N) is 1. The van der Waals surface area contributed by atoms with Crippen LogP contribution in [0.3, 0.4) is 0 Å². The van der Waals surface area contributed by atoms with Crippen molar-refractivity contribution in [2.45, 2.75) is 32.6 Å². The Morgan fingerprint density at radius 2 is 1.45 bits per heavy atom. The third kappa shape index (κ3) is 3.24. The van der Waals surface area contributed by atoms with Crippen LogP contribution in [0.4, 0.5) is 5.69 Å². The van der Waals surface area contributed by atoms with E-state index < -0.39 is 10.0 Å². The van der Waals surface area contributed by atoms with Crippen molar-refractivity contribution in [2.75, 3.05) is 4.72 Å². The van der Waals surface area contributed by atoms with Gasteiger partial charge in [-0.1, -0.05) is 29.3 Å². The predicted molar refractivity (Wildman–Crippen MR) is 92.7 cm³/mol. The first-order valence-corrected chi connectivity index (χ1v) is 8.92. The monoisotopic (exact) mass is 357 g/mol. The lowest BCUT2D eigenvalue weighted by atomic mass is 10.0. The Hall–Kier alpha value is -1.23. The molecule has 0 fully saturated rings. The van der Waals surface area contributed by atoms with Crippen molar-refractivity contribution in [3.8, 4) is 0 Å². The number of benzene rings is 2. The molecule has 0 aliphatic heterocycles. The highest BCUT2D eigenvalue weighted by atomic mass is 35.5. The minimum absolute atomic E-state index is 0.270. The van der Waals surface area contributed by atoms with Crippen LogP contribution >= 0.6 is 23.2 Å². The number of hydrogen-bond donors (Lipinski definition) is 1. The van der Waals surface area contributed by atoms with Gasteiger partial charge in [0.05, 0.1) is 15.6 Å². The van der Waals surface area contributed by atoms with Crippen LogP contribution in [-0.4, -0.2) is 8.42 Å². The molecule has 0 saturated carbocycles. The van der Waals surface area contributed by atoms with Crippen molar-refractivity contribution < 1.29 is 8.42 Å². The Morgan fingerprint density at radius 3 is 2.00 bits per heavy atom. The summed E-state index contributed by atoms with van der Waals surface area (Å²) in [5, 5.41) is 0.712. The van der Waals surface area contributed by atoms with Crippen LogP contribution in [0.15, 0.2) is 29.2 Å². The largest absolute Gasteiger partial charge is 0.278 e. The quantitative estimate of drug-likeness (QED) is 0.837. The van der Waals surface area contributed by atoms with E-state index in [0.29, 0.717) is 14.9 Å². The van der Waals surface area contributed by atoms with Gasteiger partial charge in [-0.25, -0.2) is 8.42 Å². The molecule has 0 heterocycles. The molecule has 2 aromatic carbocycles. The van der Waals surface area contributed by atoms with Crippen LogP contribution in [0, 0.1) is 27.7 Å². The van der Waals surface area contributed by atoms with E-state index in [1.165, 1.54) is 6.07 Å². The van der Waals surface area contributed by atoms with Crippen molar-refractivity contribution in [2.24, 2.45) is 0 Å². The highest BCUT2D eigenvalue weighted by Gasteiger charge is 2.23. The lowest BCUT2D eigenvalue weighted by molar-refractivity contribution is 0.599. The second kappa shape index (κ2) is 6.11. The normalized spacial score (nSPS) is 11.5. The number of rotatable bonds is 3. The lowest BCUT2D eigenvalue weighted by Gasteiger charge is -2.17. The third-order valence-electron chi connectivity index (χ3n) is 3.74. The molecule has 0 spiro atoms. The second-order valence-electron chi connectivity index (χ2n) is 5.32. The Balaban J connectivity index is 2.59. The molecule has 0 aliphatic carbocycles. The van der Waals surface area contributed by atoms with Crippen molar-refractivity contribution in [3.63, 3.8) is 0 Å². The predicted octanol–water partition coefficient (Wildman–Crippen LogP) is 5.03. The molecule has 0 bridgehead atoms. The molecule has 0 aromatic heterocycles. The van der Waals surface area contributed by atoms with E-state index in [2.05, 4.69) is 4.72 Å². The van der Waals surface area contributed by atoms with Gasteiger partial charge < -0.3 is 0 Å². The van der Waals surface area contributed by atoms with Crippen LogP contribution < -0.4 is 4.72 Å². The first-order valence-electron chi connectivity index (χ1n) is 6.68. The summed E-state index contributed by atoms with van der Waals surface area (Å²) in [6, 6.07) is 6.64. The lowest BCUT2D eigenvalue weighted by Crippen LogP contribution is -2.17. The molecule has 6 heteroatoms. The smallest absolute Gasteiger partial charge is 0.262 e. The molecule has 118 valence electrons. The van der Waals surface area contributed by atoms with Crippen molar-refractivity contribution in [1.29, 1.82) is 0 Å².